The standard InChI is InChI=1S/C12H14ClIN2O2S/c1-7(2)8(3)19(17,18)16-6-10(14)11-9(13)4-5-15-12(11)16/h4-8H,1-3H3/t8-/m0/s1. The lowest BCUT2D eigenvalue weighted by Gasteiger charge is -2.17. The average molecular weight is 413 g/mol. The van der Waals surface area contributed by atoms with Crippen LogP contribution in [0.5, 0.6) is 0 Å². The third-order valence-electron chi connectivity index (χ3n) is 3.24. The van der Waals surface area contributed by atoms with Gasteiger partial charge in [-0.2, -0.15) is 0 Å². The molecule has 1 atom stereocenters. The fourth-order valence-electron chi connectivity index (χ4n) is 1.76. The lowest BCUT2D eigenvalue weighted by molar-refractivity contribution is 0.539. The molecule has 0 spiro atoms. The monoisotopic (exact) mass is 412 g/mol. The highest BCUT2D eigenvalue weighted by atomic mass is 127. The van der Waals surface area contributed by atoms with Crippen LogP contribution in [0.15, 0.2) is 18.5 Å². The van der Waals surface area contributed by atoms with Crippen LogP contribution in [0.25, 0.3) is 11.0 Å². The number of hydrogen-bond donors (Lipinski definition) is 0. The summed E-state index contributed by atoms with van der Waals surface area (Å²) in [7, 11) is -3.47. The number of nitrogens with zero attached hydrogens (tertiary/aromatic N) is 2. The minimum absolute atomic E-state index is 0.0271. The second-order valence-corrected chi connectivity index (χ2v) is 8.49. The van der Waals surface area contributed by atoms with E-state index in [1.807, 2.05) is 13.8 Å². The Morgan fingerprint density at radius 1 is 1.37 bits per heavy atom. The molecule has 2 rings (SSSR count). The smallest absolute Gasteiger partial charge is 0.237 e. The number of rotatable bonds is 3. The van der Waals surface area contributed by atoms with E-state index in [4.69, 9.17) is 11.6 Å². The molecule has 2 aromatic rings. The van der Waals surface area contributed by atoms with Crippen LogP contribution < -0.4 is 0 Å². The van der Waals surface area contributed by atoms with E-state index in [0.717, 1.165) is 3.57 Å². The SMILES string of the molecule is CC(C)[C@H](C)S(=O)(=O)n1cc(I)c2c(Cl)ccnc21. The minimum Gasteiger partial charge on any atom is -0.237 e. The Morgan fingerprint density at radius 3 is 2.58 bits per heavy atom. The van der Waals surface area contributed by atoms with Crippen molar-refractivity contribution in [2.45, 2.75) is 26.0 Å². The molecule has 0 aromatic carbocycles. The summed E-state index contributed by atoms with van der Waals surface area (Å²) in [6.07, 6.45) is 3.10. The van der Waals surface area contributed by atoms with Gasteiger partial charge in [0, 0.05) is 16.0 Å². The van der Waals surface area contributed by atoms with Gasteiger partial charge in [0.2, 0.25) is 10.0 Å². The summed E-state index contributed by atoms with van der Waals surface area (Å²) in [6.45, 7) is 5.49. The van der Waals surface area contributed by atoms with E-state index in [9.17, 15) is 8.42 Å². The zero-order valence-corrected chi connectivity index (χ0v) is 14.5. The molecule has 104 valence electrons. The van der Waals surface area contributed by atoms with Gasteiger partial charge >= 0.3 is 0 Å². The van der Waals surface area contributed by atoms with E-state index in [0.29, 0.717) is 16.1 Å². The number of pyridine rings is 1. The maximum atomic E-state index is 12.6. The molecule has 2 heterocycles. The Bertz CT molecular complexity index is 725. The molecule has 2 aromatic heterocycles. The highest BCUT2D eigenvalue weighted by molar-refractivity contribution is 14.1. The van der Waals surface area contributed by atoms with Gasteiger partial charge in [0.05, 0.1) is 15.7 Å². The van der Waals surface area contributed by atoms with Crippen LogP contribution in [0.3, 0.4) is 0 Å². The Labute approximate surface area is 131 Å². The molecule has 0 aliphatic carbocycles. The largest absolute Gasteiger partial charge is 0.243 e. The molecule has 0 saturated carbocycles. The van der Waals surface area contributed by atoms with Gasteiger partial charge in [-0.1, -0.05) is 25.4 Å². The molecule has 7 heteroatoms. The van der Waals surface area contributed by atoms with Crippen molar-refractivity contribution >= 4 is 55.2 Å². The molecule has 0 unspecified atom stereocenters. The van der Waals surface area contributed by atoms with E-state index < -0.39 is 15.3 Å². The summed E-state index contributed by atoms with van der Waals surface area (Å²) in [5.41, 5.74) is 0.393. The van der Waals surface area contributed by atoms with Crippen LogP contribution >= 0.6 is 34.2 Å². The summed E-state index contributed by atoms with van der Waals surface area (Å²) in [4.78, 5) is 4.17. The number of aromatic nitrogens is 2. The molecular weight excluding hydrogens is 399 g/mol. The Kier molecular flexibility index (Phi) is 4.13. The molecule has 4 nitrogen and oxygen atoms in total. The second-order valence-electron chi connectivity index (χ2n) is 4.76. The summed E-state index contributed by atoms with van der Waals surface area (Å²) in [5, 5.41) is 0.713. The van der Waals surface area contributed by atoms with Crippen molar-refractivity contribution in [1.29, 1.82) is 0 Å². The summed E-state index contributed by atoms with van der Waals surface area (Å²) in [5.74, 6) is 0.0271. The molecule has 0 aliphatic heterocycles. The van der Waals surface area contributed by atoms with Crippen molar-refractivity contribution in [3.63, 3.8) is 0 Å². The van der Waals surface area contributed by atoms with Crippen LogP contribution in [0.4, 0.5) is 0 Å². The van der Waals surface area contributed by atoms with Gasteiger partial charge in [-0.25, -0.2) is 17.4 Å². The van der Waals surface area contributed by atoms with Gasteiger partial charge < -0.3 is 0 Å². The van der Waals surface area contributed by atoms with E-state index in [2.05, 4.69) is 27.6 Å². The van der Waals surface area contributed by atoms with E-state index in [1.54, 1.807) is 19.2 Å². The fourth-order valence-corrected chi connectivity index (χ4v) is 4.84. The number of hydrogen-bond acceptors (Lipinski definition) is 3. The van der Waals surface area contributed by atoms with Crippen molar-refractivity contribution < 1.29 is 8.42 Å². The molecule has 0 bridgehead atoms. The van der Waals surface area contributed by atoms with E-state index >= 15 is 0 Å². The topological polar surface area (TPSA) is 52.0 Å². The molecular formula is C12H14ClIN2O2S. The minimum atomic E-state index is -3.47. The molecule has 0 amide bonds. The van der Waals surface area contributed by atoms with Crippen LogP contribution in [0.1, 0.15) is 20.8 Å². The lowest BCUT2D eigenvalue weighted by Crippen LogP contribution is -2.29. The van der Waals surface area contributed by atoms with Crippen molar-refractivity contribution in [1.82, 2.24) is 8.96 Å². The summed E-state index contributed by atoms with van der Waals surface area (Å²) < 4.78 is 27.2. The zero-order chi connectivity index (χ0) is 14.4. The Morgan fingerprint density at radius 2 is 2.00 bits per heavy atom. The lowest BCUT2D eigenvalue weighted by atomic mass is 10.2. The van der Waals surface area contributed by atoms with Gasteiger partial charge in [-0.3, -0.25) is 0 Å². The molecule has 0 N–H and O–H groups in total. The first-order valence-electron chi connectivity index (χ1n) is 5.82. The first-order chi connectivity index (χ1) is 8.76. The predicted octanol–water partition coefficient (Wildman–Crippen LogP) is 3.52. The van der Waals surface area contributed by atoms with Gasteiger partial charge in [-0.05, 0) is 41.5 Å². The van der Waals surface area contributed by atoms with Crippen LogP contribution in [-0.2, 0) is 10.0 Å². The van der Waals surface area contributed by atoms with Crippen molar-refractivity contribution in [2.75, 3.05) is 0 Å². The molecule has 0 aliphatic rings. The van der Waals surface area contributed by atoms with Gasteiger partial charge in [0.25, 0.3) is 0 Å². The van der Waals surface area contributed by atoms with Crippen molar-refractivity contribution in [3.8, 4) is 0 Å². The number of halogens is 2. The Hall–Kier alpha value is -0.340. The maximum absolute atomic E-state index is 12.6. The fraction of sp³-hybridized carbons (Fsp3) is 0.417. The molecule has 0 fully saturated rings. The summed E-state index contributed by atoms with van der Waals surface area (Å²) in [6, 6.07) is 1.66. The number of fused-ring (bicyclic) bond motifs is 1. The third-order valence-corrected chi connectivity index (χ3v) is 6.68. The van der Waals surface area contributed by atoms with Gasteiger partial charge in [-0.15, -0.1) is 0 Å². The third kappa shape index (κ3) is 2.50. The first kappa shape index (κ1) is 15.1. The van der Waals surface area contributed by atoms with Crippen molar-refractivity contribution in [2.24, 2.45) is 5.92 Å². The zero-order valence-electron chi connectivity index (χ0n) is 10.8. The second kappa shape index (κ2) is 5.21. The van der Waals surface area contributed by atoms with Gasteiger partial charge in [0.1, 0.15) is 0 Å². The normalized spacial score (nSPS) is 14.2. The predicted molar refractivity (Wildman–Crippen MR) is 86.1 cm³/mol. The molecule has 19 heavy (non-hydrogen) atoms. The highest BCUT2D eigenvalue weighted by Gasteiger charge is 2.28. The Balaban J connectivity index is 2.75. The van der Waals surface area contributed by atoms with E-state index in [-0.39, 0.29) is 5.92 Å². The highest BCUT2D eigenvalue weighted by Crippen LogP contribution is 2.30. The molecule has 0 saturated heterocycles. The summed E-state index contributed by atoms with van der Waals surface area (Å²) >= 11 is 8.19. The van der Waals surface area contributed by atoms with Crippen LogP contribution in [-0.4, -0.2) is 22.6 Å². The van der Waals surface area contributed by atoms with Crippen LogP contribution in [0, 0.1) is 9.49 Å². The van der Waals surface area contributed by atoms with Crippen LogP contribution in [0.2, 0.25) is 5.02 Å². The van der Waals surface area contributed by atoms with E-state index in [1.165, 1.54) is 10.2 Å². The first-order valence-corrected chi connectivity index (χ1v) is 8.78. The maximum Gasteiger partial charge on any atom is 0.243 e. The quantitative estimate of drug-likeness (QED) is 0.725. The average Bonchev–Trinajstić information content (AvgIpc) is 2.67. The van der Waals surface area contributed by atoms with Gasteiger partial charge in [0.15, 0.2) is 5.65 Å². The van der Waals surface area contributed by atoms with Crippen molar-refractivity contribution in [3.05, 3.63) is 27.1 Å². The molecule has 0 radical (unpaired) electrons.